The molecule has 0 heterocycles. The van der Waals surface area contributed by atoms with Crippen molar-refractivity contribution in [2.75, 3.05) is 13.6 Å². The van der Waals surface area contributed by atoms with Gasteiger partial charge in [-0.25, -0.2) is 4.39 Å². The van der Waals surface area contributed by atoms with E-state index >= 15 is 0 Å². The van der Waals surface area contributed by atoms with Crippen molar-refractivity contribution in [2.45, 2.75) is 32.2 Å². The van der Waals surface area contributed by atoms with Crippen molar-refractivity contribution >= 4 is 5.97 Å². The van der Waals surface area contributed by atoms with E-state index in [1.807, 2.05) is 7.05 Å². The summed E-state index contributed by atoms with van der Waals surface area (Å²) < 4.78 is 12.8. The van der Waals surface area contributed by atoms with Crippen LogP contribution in [0, 0.1) is 5.82 Å². The Labute approximate surface area is 107 Å². The van der Waals surface area contributed by atoms with Crippen molar-refractivity contribution in [1.82, 2.24) is 4.90 Å². The Morgan fingerprint density at radius 3 is 2.50 bits per heavy atom. The molecule has 0 saturated carbocycles. The molecule has 1 aromatic rings. The summed E-state index contributed by atoms with van der Waals surface area (Å²) in [6.45, 7) is 2.90. The summed E-state index contributed by atoms with van der Waals surface area (Å²) in [5, 5.41) is 8.54. The quantitative estimate of drug-likeness (QED) is 0.759. The zero-order chi connectivity index (χ0) is 13.5. The number of benzene rings is 1. The number of carbonyl (C=O) groups is 1. The van der Waals surface area contributed by atoms with Gasteiger partial charge in [-0.15, -0.1) is 0 Å². The fraction of sp³-hybridized carbons (Fsp3) is 0.500. The van der Waals surface area contributed by atoms with Gasteiger partial charge in [0, 0.05) is 12.5 Å². The summed E-state index contributed by atoms with van der Waals surface area (Å²) in [6, 6.07) is 6.70. The van der Waals surface area contributed by atoms with E-state index in [1.165, 1.54) is 12.1 Å². The molecule has 3 nitrogen and oxygen atoms in total. The van der Waals surface area contributed by atoms with E-state index in [0.717, 1.165) is 18.5 Å². The summed E-state index contributed by atoms with van der Waals surface area (Å²) in [7, 11) is 1.99. The molecule has 1 unspecified atom stereocenters. The van der Waals surface area contributed by atoms with Gasteiger partial charge in [0.2, 0.25) is 0 Å². The molecule has 0 radical (unpaired) electrons. The molecule has 4 heteroatoms. The summed E-state index contributed by atoms with van der Waals surface area (Å²) >= 11 is 0. The summed E-state index contributed by atoms with van der Waals surface area (Å²) in [5.74, 6) is -0.973. The Balaban J connectivity index is 2.38. The molecule has 0 spiro atoms. The van der Waals surface area contributed by atoms with Crippen LogP contribution in [-0.4, -0.2) is 29.6 Å². The van der Waals surface area contributed by atoms with Crippen molar-refractivity contribution in [3.8, 4) is 0 Å². The van der Waals surface area contributed by atoms with Gasteiger partial charge in [0.25, 0.3) is 0 Å². The standard InChI is InChI=1S/C14H20FNO2/c1-11(12-6-8-13(15)9-7-12)16(2)10-4-3-5-14(17)18/h6-9,11H,3-5,10H2,1-2H3,(H,17,18). The van der Waals surface area contributed by atoms with Crippen LogP contribution in [0.15, 0.2) is 24.3 Å². The van der Waals surface area contributed by atoms with E-state index in [2.05, 4.69) is 11.8 Å². The van der Waals surface area contributed by atoms with Crippen LogP contribution in [0.25, 0.3) is 0 Å². The van der Waals surface area contributed by atoms with Gasteiger partial charge in [-0.2, -0.15) is 0 Å². The molecule has 0 aliphatic carbocycles. The maximum Gasteiger partial charge on any atom is 0.303 e. The number of aliphatic carboxylic acids is 1. The van der Waals surface area contributed by atoms with Crippen LogP contribution in [0.3, 0.4) is 0 Å². The van der Waals surface area contributed by atoms with E-state index < -0.39 is 5.97 Å². The maximum absolute atomic E-state index is 12.8. The fourth-order valence-corrected chi connectivity index (χ4v) is 1.83. The van der Waals surface area contributed by atoms with Crippen LogP contribution in [0.4, 0.5) is 4.39 Å². The fourth-order valence-electron chi connectivity index (χ4n) is 1.83. The molecule has 1 aromatic carbocycles. The number of hydrogen-bond acceptors (Lipinski definition) is 2. The number of hydrogen-bond donors (Lipinski definition) is 1. The van der Waals surface area contributed by atoms with Crippen LogP contribution >= 0.6 is 0 Å². The lowest BCUT2D eigenvalue weighted by molar-refractivity contribution is -0.137. The van der Waals surface area contributed by atoms with Gasteiger partial charge in [0.1, 0.15) is 5.82 Å². The number of unbranched alkanes of at least 4 members (excludes halogenated alkanes) is 1. The molecule has 1 atom stereocenters. The topological polar surface area (TPSA) is 40.5 Å². The van der Waals surface area contributed by atoms with Crippen molar-refractivity contribution in [1.29, 1.82) is 0 Å². The largest absolute Gasteiger partial charge is 0.481 e. The highest BCUT2D eigenvalue weighted by Gasteiger charge is 2.11. The van der Waals surface area contributed by atoms with E-state index in [9.17, 15) is 9.18 Å². The van der Waals surface area contributed by atoms with Crippen LogP contribution in [-0.2, 0) is 4.79 Å². The van der Waals surface area contributed by atoms with Gasteiger partial charge < -0.3 is 5.11 Å². The van der Waals surface area contributed by atoms with Crippen LogP contribution in [0.2, 0.25) is 0 Å². The number of rotatable bonds is 7. The molecule has 0 fully saturated rings. The zero-order valence-corrected chi connectivity index (χ0v) is 10.9. The van der Waals surface area contributed by atoms with E-state index in [1.54, 1.807) is 12.1 Å². The molecular weight excluding hydrogens is 233 g/mol. The first-order chi connectivity index (χ1) is 8.50. The zero-order valence-electron chi connectivity index (χ0n) is 10.9. The second kappa shape index (κ2) is 7.11. The number of carboxylic acid groups (broad SMARTS) is 1. The smallest absolute Gasteiger partial charge is 0.303 e. The Hall–Kier alpha value is -1.42. The SMILES string of the molecule is CC(c1ccc(F)cc1)N(C)CCCCC(=O)O. The van der Waals surface area contributed by atoms with Gasteiger partial charge in [0.05, 0.1) is 0 Å². The maximum atomic E-state index is 12.8. The Bertz CT molecular complexity index is 378. The van der Waals surface area contributed by atoms with Crippen LogP contribution in [0.1, 0.15) is 37.8 Å². The normalized spacial score (nSPS) is 12.7. The highest BCUT2D eigenvalue weighted by Crippen LogP contribution is 2.19. The molecule has 0 aliphatic rings. The predicted molar refractivity (Wildman–Crippen MR) is 68.9 cm³/mol. The molecule has 0 bridgehead atoms. The highest BCUT2D eigenvalue weighted by atomic mass is 19.1. The molecule has 0 aromatic heterocycles. The second-order valence-electron chi connectivity index (χ2n) is 4.56. The second-order valence-corrected chi connectivity index (χ2v) is 4.56. The van der Waals surface area contributed by atoms with E-state index in [-0.39, 0.29) is 18.3 Å². The van der Waals surface area contributed by atoms with Crippen LogP contribution in [0.5, 0.6) is 0 Å². The monoisotopic (exact) mass is 253 g/mol. The molecule has 1 rings (SSSR count). The minimum Gasteiger partial charge on any atom is -0.481 e. The molecule has 100 valence electrons. The minimum absolute atomic E-state index is 0.204. The first-order valence-corrected chi connectivity index (χ1v) is 6.18. The van der Waals surface area contributed by atoms with Crippen molar-refractivity contribution in [3.05, 3.63) is 35.6 Å². The third-order valence-electron chi connectivity index (χ3n) is 3.17. The van der Waals surface area contributed by atoms with Gasteiger partial charge in [-0.3, -0.25) is 9.69 Å². The number of halogens is 1. The first-order valence-electron chi connectivity index (χ1n) is 6.18. The third kappa shape index (κ3) is 4.84. The Morgan fingerprint density at radius 1 is 1.33 bits per heavy atom. The summed E-state index contributed by atoms with van der Waals surface area (Å²) in [5.41, 5.74) is 1.07. The van der Waals surface area contributed by atoms with Crippen LogP contribution < -0.4 is 0 Å². The van der Waals surface area contributed by atoms with Crippen molar-refractivity contribution in [2.24, 2.45) is 0 Å². The first kappa shape index (κ1) is 14.6. The summed E-state index contributed by atoms with van der Waals surface area (Å²) in [6.07, 6.45) is 1.77. The number of nitrogens with zero attached hydrogens (tertiary/aromatic N) is 1. The number of carboxylic acids is 1. The van der Waals surface area contributed by atoms with Gasteiger partial charge in [0.15, 0.2) is 0 Å². The lowest BCUT2D eigenvalue weighted by Crippen LogP contribution is -2.23. The summed E-state index contributed by atoms with van der Waals surface area (Å²) in [4.78, 5) is 12.5. The Morgan fingerprint density at radius 2 is 1.94 bits per heavy atom. The van der Waals surface area contributed by atoms with Gasteiger partial charge in [-0.1, -0.05) is 12.1 Å². The van der Waals surface area contributed by atoms with E-state index in [4.69, 9.17) is 5.11 Å². The average molecular weight is 253 g/mol. The predicted octanol–water partition coefficient (Wildman–Crippen LogP) is 3.07. The molecule has 0 saturated heterocycles. The van der Waals surface area contributed by atoms with Crippen molar-refractivity contribution in [3.63, 3.8) is 0 Å². The van der Waals surface area contributed by atoms with Gasteiger partial charge in [-0.05, 0) is 51.1 Å². The minimum atomic E-state index is -0.746. The third-order valence-corrected chi connectivity index (χ3v) is 3.17. The lowest BCUT2D eigenvalue weighted by Gasteiger charge is -2.25. The molecular formula is C14H20FNO2. The van der Waals surface area contributed by atoms with E-state index in [0.29, 0.717) is 6.42 Å². The van der Waals surface area contributed by atoms with Crippen molar-refractivity contribution < 1.29 is 14.3 Å². The lowest BCUT2D eigenvalue weighted by atomic mass is 10.1. The highest BCUT2D eigenvalue weighted by molar-refractivity contribution is 5.66. The Kier molecular flexibility index (Phi) is 5.78. The van der Waals surface area contributed by atoms with Gasteiger partial charge >= 0.3 is 5.97 Å². The molecule has 0 amide bonds. The molecule has 0 aliphatic heterocycles. The average Bonchev–Trinajstić information content (AvgIpc) is 2.34. The molecule has 1 N–H and O–H groups in total. The molecule has 18 heavy (non-hydrogen) atoms.